The first kappa shape index (κ1) is 18.3. The average Bonchev–Trinajstić information content (AvgIpc) is 2.57. The number of anilines is 1. The Bertz CT molecular complexity index is 684. The molecule has 1 unspecified atom stereocenters. The molecule has 1 atom stereocenters. The van der Waals surface area contributed by atoms with Crippen molar-refractivity contribution in [3.05, 3.63) is 23.9 Å². The van der Waals surface area contributed by atoms with Crippen molar-refractivity contribution in [1.29, 1.82) is 0 Å². The van der Waals surface area contributed by atoms with Gasteiger partial charge in [-0.3, -0.25) is 4.98 Å². The zero-order chi connectivity index (χ0) is 17.7. The lowest BCUT2D eigenvalue weighted by molar-refractivity contribution is 0.358. The summed E-state index contributed by atoms with van der Waals surface area (Å²) in [5.41, 5.74) is 8.77. The van der Waals surface area contributed by atoms with E-state index in [0.29, 0.717) is 11.7 Å². The molecule has 0 amide bonds. The van der Waals surface area contributed by atoms with Crippen molar-refractivity contribution in [1.82, 2.24) is 4.98 Å². The number of nitrogens with zero attached hydrogens (tertiary/aromatic N) is 1. The van der Waals surface area contributed by atoms with Gasteiger partial charge in [0, 0.05) is 29.7 Å². The Hall–Kier alpha value is -2.01. The Labute approximate surface area is 144 Å². The van der Waals surface area contributed by atoms with E-state index in [-0.39, 0.29) is 6.04 Å². The van der Waals surface area contributed by atoms with Crippen LogP contribution in [0.25, 0.3) is 10.9 Å². The minimum Gasteiger partial charge on any atom is -0.493 e. The molecule has 3 N–H and O–H groups in total. The molecule has 1 aromatic carbocycles. The fraction of sp³-hybridized carbons (Fsp3) is 0.526. The highest BCUT2D eigenvalue weighted by atomic mass is 16.5. The van der Waals surface area contributed by atoms with Crippen LogP contribution in [0.15, 0.2) is 18.2 Å². The van der Waals surface area contributed by atoms with Gasteiger partial charge < -0.3 is 20.5 Å². The zero-order valence-electron chi connectivity index (χ0n) is 15.3. The van der Waals surface area contributed by atoms with Crippen molar-refractivity contribution in [2.75, 3.05) is 26.1 Å². The van der Waals surface area contributed by atoms with Crippen LogP contribution in [0.2, 0.25) is 0 Å². The molecule has 1 aromatic heterocycles. The molecule has 0 aliphatic rings. The maximum absolute atomic E-state index is 5.82. The summed E-state index contributed by atoms with van der Waals surface area (Å²) >= 11 is 0. The minimum atomic E-state index is 0.222. The van der Waals surface area contributed by atoms with Crippen LogP contribution >= 0.6 is 0 Å². The molecule has 0 aliphatic heterocycles. The third kappa shape index (κ3) is 4.09. The fourth-order valence-corrected chi connectivity index (χ4v) is 2.73. The molecular formula is C19H29N3O2. The highest BCUT2D eigenvalue weighted by Crippen LogP contribution is 2.40. The summed E-state index contributed by atoms with van der Waals surface area (Å²) in [5.74, 6) is 1.80. The third-order valence-corrected chi connectivity index (χ3v) is 4.08. The SMILES string of the molecule is COc1cc(NCCCC(C)N)c2nc(C(C)C)ccc2c1OC. The van der Waals surface area contributed by atoms with Gasteiger partial charge in [0.25, 0.3) is 0 Å². The van der Waals surface area contributed by atoms with Crippen molar-refractivity contribution in [2.24, 2.45) is 5.73 Å². The molecule has 0 spiro atoms. The third-order valence-electron chi connectivity index (χ3n) is 4.08. The Morgan fingerprint density at radius 3 is 2.50 bits per heavy atom. The standard InChI is InChI=1S/C19H29N3O2/c1-12(2)15-9-8-14-18(22-15)16(21-10-6-7-13(3)20)11-17(23-4)19(14)24-5/h8-9,11-13,21H,6-7,10,20H2,1-5H3. The molecule has 1 heterocycles. The van der Waals surface area contributed by atoms with Crippen molar-refractivity contribution in [3.63, 3.8) is 0 Å². The van der Waals surface area contributed by atoms with E-state index in [4.69, 9.17) is 20.2 Å². The van der Waals surface area contributed by atoms with Crippen LogP contribution < -0.4 is 20.5 Å². The van der Waals surface area contributed by atoms with Crippen molar-refractivity contribution in [2.45, 2.75) is 45.6 Å². The van der Waals surface area contributed by atoms with E-state index in [0.717, 1.165) is 47.4 Å². The lowest BCUT2D eigenvalue weighted by Crippen LogP contribution is -2.16. The summed E-state index contributed by atoms with van der Waals surface area (Å²) < 4.78 is 11.0. The van der Waals surface area contributed by atoms with Crippen LogP contribution in [0.3, 0.4) is 0 Å². The highest BCUT2D eigenvalue weighted by Gasteiger charge is 2.16. The molecule has 0 aliphatic carbocycles. The first-order valence-corrected chi connectivity index (χ1v) is 8.53. The topological polar surface area (TPSA) is 69.4 Å². The van der Waals surface area contributed by atoms with Crippen LogP contribution in [0.1, 0.15) is 45.2 Å². The monoisotopic (exact) mass is 331 g/mol. The highest BCUT2D eigenvalue weighted by molar-refractivity contribution is 5.97. The van der Waals surface area contributed by atoms with E-state index >= 15 is 0 Å². The van der Waals surface area contributed by atoms with Gasteiger partial charge in [-0.25, -0.2) is 0 Å². The number of benzene rings is 1. The van der Waals surface area contributed by atoms with Crippen molar-refractivity contribution in [3.8, 4) is 11.5 Å². The van der Waals surface area contributed by atoms with Gasteiger partial charge in [0.15, 0.2) is 11.5 Å². The lowest BCUT2D eigenvalue weighted by Gasteiger charge is -2.17. The van der Waals surface area contributed by atoms with Gasteiger partial charge in [-0.2, -0.15) is 0 Å². The van der Waals surface area contributed by atoms with Crippen LogP contribution in [0.4, 0.5) is 5.69 Å². The van der Waals surface area contributed by atoms with Gasteiger partial charge in [0.1, 0.15) is 0 Å². The van der Waals surface area contributed by atoms with Gasteiger partial charge in [-0.1, -0.05) is 13.8 Å². The molecule has 132 valence electrons. The van der Waals surface area contributed by atoms with E-state index in [1.165, 1.54) is 0 Å². The number of rotatable bonds is 8. The molecule has 2 rings (SSSR count). The summed E-state index contributed by atoms with van der Waals surface area (Å²) in [4.78, 5) is 4.85. The van der Waals surface area contributed by atoms with E-state index in [1.54, 1.807) is 14.2 Å². The number of fused-ring (bicyclic) bond motifs is 1. The number of nitrogens with one attached hydrogen (secondary N) is 1. The van der Waals surface area contributed by atoms with Crippen LogP contribution in [-0.2, 0) is 0 Å². The van der Waals surface area contributed by atoms with Crippen LogP contribution in [-0.4, -0.2) is 31.8 Å². The molecule has 2 aromatic rings. The molecule has 0 bridgehead atoms. The second-order valence-corrected chi connectivity index (χ2v) is 6.49. The number of methoxy groups -OCH3 is 2. The largest absolute Gasteiger partial charge is 0.493 e. The second-order valence-electron chi connectivity index (χ2n) is 6.49. The van der Waals surface area contributed by atoms with Crippen molar-refractivity contribution < 1.29 is 9.47 Å². The van der Waals surface area contributed by atoms with Crippen LogP contribution in [0, 0.1) is 0 Å². The molecule has 0 saturated carbocycles. The van der Waals surface area contributed by atoms with E-state index < -0.39 is 0 Å². The Balaban J connectivity index is 2.44. The minimum absolute atomic E-state index is 0.222. The lowest BCUT2D eigenvalue weighted by atomic mass is 10.1. The van der Waals surface area contributed by atoms with E-state index in [9.17, 15) is 0 Å². The van der Waals surface area contributed by atoms with Crippen LogP contribution in [0.5, 0.6) is 11.5 Å². The summed E-state index contributed by atoms with van der Waals surface area (Å²) in [6, 6.07) is 6.30. The molecule has 5 nitrogen and oxygen atoms in total. The van der Waals surface area contributed by atoms with Gasteiger partial charge in [-0.15, -0.1) is 0 Å². The normalized spacial score (nSPS) is 12.5. The summed E-state index contributed by atoms with van der Waals surface area (Å²) in [6.07, 6.45) is 2.00. The number of ether oxygens (including phenoxy) is 2. The molecule has 0 saturated heterocycles. The second kappa shape index (κ2) is 8.20. The Morgan fingerprint density at radius 1 is 1.17 bits per heavy atom. The van der Waals surface area contributed by atoms with Gasteiger partial charge in [0.2, 0.25) is 0 Å². The van der Waals surface area contributed by atoms with Gasteiger partial charge >= 0.3 is 0 Å². The molecular weight excluding hydrogens is 302 g/mol. The molecule has 5 heteroatoms. The number of nitrogens with two attached hydrogens (primary N) is 1. The first-order chi connectivity index (χ1) is 11.5. The fourth-order valence-electron chi connectivity index (χ4n) is 2.73. The Morgan fingerprint density at radius 2 is 1.92 bits per heavy atom. The van der Waals surface area contributed by atoms with Gasteiger partial charge in [0.05, 0.1) is 25.4 Å². The number of pyridine rings is 1. The smallest absolute Gasteiger partial charge is 0.170 e. The molecule has 0 fully saturated rings. The average molecular weight is 331 g/mol. The maximum Gasteiger partial charge on any atom is 0.170 e. The zero-order valence-corrected chi connectivity index (χ0v) is 15.3. The van der Waals surface area contributed by atoms with E-state index in [1.807, 2.05) is 13.0 Å². The predicted octanol–water partition coefficient (Wildman–Crippen LogP) is 3.91. The quantitative estimate of drug-likeness (QED) is 0.718. The number of hydrogen-bond donors (Lipinski definition) is 2. The first-order valence-electron chi connectivity index (χ1n) is 8.53. The van der Waals surface area contributed by atoms with Crippen molar-refractivity contribution >= 4 is 16.6 Å². The number of aromatic nitrogens is 1. The maximum atomic E-state index is 5.82. The molecule has 0 radical (unpaired) electrons. The van der Waals surface area contributed by atoms with E-state index in [2.05, 4.69) is 31.3 Å². The summed E-state index contributed by atoms with van der Waals surface area (Å²) in [6.45, 7) is 7.16. The number of hydrogen-bond acceptors (Lipinski definition) is 5. The predicted molar refractivity (Wildman–Crippen MR) is 100 cm³/mol. The van der Waals surface area contributed by atoms with Gasteiger partial charge in [-0.05, 0) is 37.8 Å². The Kier molecular flexibility index (Phi) is 6.26. The summed E-state index contributed by atoms with van der Waals surface area (Å²) in [7, 11) is 3.31. The molecule has 24 heavy (non-hydrogen) atoms. The summed E-state index contributed by atoms with van der Waals surface area (Å²) in [5, 5.41) is 4.44.